The van der Waals surface area contributed by atoms with Crippen LogP contribution >= 0.6 is 0 Å². The molecule has 1 unspecified atom stereocenters. The van der Waals surface area contributed by atoms with Gasteiger partial charge in [0, 0.05) is 19.6 Å². The van der Waals surface area contributed by atoms with Crippen LogP contribution in [-0.4, -0.2) is 55.4 Å². The Morgan fingerprint density at radius 3 is 2.54 bits per heavy atom. The summed E-state index contributed by atoms with van der Waals surface area (Å²) in [5.41, 5.74) is 2.16. The number of benzene rings is 1. The third kappa shape index (κ3) is 7.47. The monoisotopic (exact) mass is 334 g/mol. The maximum absolute atomic E-state index is 10.8. The van der Waals surface area contributed by atoms with E-state index in [0.29, 0.717) is 12.5 Å². The van der Waals surface area contributed by atoms with E-state index in [2.05, 4.69) is 49.9 Å². The highest BCUT2D eigenvalue weighted by molar-refractivity contribution is 5.28. The Balaban J connectivity index is 2.87. The van der Waals surface area contributed by atoms with Gasteiger partial charge >= 0.3 is 0 Å². The van der Waals surface area contributed by atoms with Gasteiger partial charge < -0.3 is 14.7 Å². The number of hydrogen-bond donors (Lipinski definition) is 1. The second-order valence-electron chi connectivity index (χ2n) is 7.08. The summed E-state index contributed by atoms with van der Waals surface area (Å²) < 4.78 is 5.31. The van der Waals surface area contributed by atoms with E-state index in [0.717, 1.165) is 36.4 Å². The maximum atomic E-state index is 10.8. The number of aliphatic hydroxyl groups is 1. The zero-order chi connectivity index (χ0) is 18.1. The Kier molecular flexibility index (Phi) is 9.04. The van der Waals surface area contributed by atoms with Crippen molar-refractivity contribution < 1.29 is 9.84 Å². The van der Waals surface area contributed by atoms with Crippen LogP contribution in [-0.2, 0) is 6.54 Å². The summed E-state index contributed by atoms with van der Waals surface area (Å²) in [5, 5.41) is 10.8. The molecule has 1 aromatic carbocycles. The predicted molar refractivity (Wildman–Crippen MR) is 101 cm³/mol. The van der Waals surface area contributed by atoms with Gasteiger partial charge in [0.15, 0.2) is 0 Å². The first kappa shape index (κ1) is 20.7. The Hall–Kier alpha value is -1.36. The van der Waals surface area contributed by atoms with E-state index < -0.39 is 6.23 Å². The van der Waals surface area contributed by atoms with E-state index in [4.69, 9.17) is 4.74 Å². The molecule has 0 aliphatic heterocycles. The molecule has 0 aliphatic carbocycles. The number of methoxy groups -OCH3 is 1. The summed E-state index contributed by atoms with van der Waals surface area (Å²) in [6.45, 7) is 8.80. The number of likely N-dealkylation sites (N-methyl/N-ethyl adjacent to an activating group) is 1. The molecule has 0 spiro atoms. The molecular weight excluding hydrogens is 300 g/mol. The Bertz CT molecular complexity index is 512. The third-order valence-corrected chi connectivity index (χ3v) is 4.02. The molecule has 0 radical (unpaired) electrons. The SMILES string of the molecule is COc1cccc(CN(CCN(C)C)C(O)C(C)=CCC(C)C)c1. The summed E-state index contributed by atoms with van der Waals surface area (Å²) >= 11 is 0. The first-order valence-electron chi connectivity index (χ1n) is 8.70. The fourth-order valence-electron chi connectivity index (χ4n) is 2.44. The van der Waals surface area contributed by atoms with E-state index in [9.17, 15) is 5.11 Å². The zero-order valence-corrected chi connectivity index (χ0v) is 16.1. The highest BCUT2D eigenvalue weighted by atomic mass is 16.5. The van der Waals surface area contributed by atoms with Gasteiger partial charge in [-0.25, -0.2) is 0 Å². The Morgan fingerprint density at radius 1 is 1.25 bits per heavy atom. The molecule has 136 valence electrons. The van der Waals surface area contributed by atoms with Gasteiger partial charge in [0.05, 0.1) is 7.11 Å². The quantitative estimate of drug-likeness (QED) is 0.526. The Labute approximate surface area is 147 Å². The minimum atomic E-state index is -0.560. The maximum Gasteiger partial charge on any atom is 0.129 e. The van der Waals surface area contributed by atoms with Crippen molar-refractivity contribution >= 4 is 0 Å². The average Bonchev–Trinajstić information content (AvgIpc) is 2.55. The molecule has 4 nitrogen and oxygen atoms in total. The number of rotatable bonds is 10. The van der Waals surface area contributed by atoms with Gasteiger partial charge in [0.25, 0.3) is 0 Å². The normalized spacial score (nSPS) is 13.8. The van der Waals surface area contributed by atoms with Crippen LogP contribution in [0.25, 0.3) is 0 Å². The molecule has 0 aromatic heterocycles. The van der Waals surface area contributed by atoms with Gasteiger partial charge in [0.1, 0.15) is 12.0 Å². The molecule has 24 heavy (non-hydrogen) atoms. The lowest BCUT2D eigenvalue weighted by atomic mass is 10.1. The molecule has 0 saturated carbocycles. The zero-order valence-electron chi connectivity index (χ0n) is 16.1. The van der Waals surface area contributed by atoms with E-state index in [1.807, 2.05) is 25.1 Å². The fourth-order valence-corrected chi connectivity index (χ4v) is 2.44. The third-order valence-electron chi connectivity index (χ3n) is 4.02. The van der Waals surface area contributed by atoms with Crippen molar-refractivity contribution in [2.75, 3.05) is 34.3 Å². The summed E-state index contributed by atoms with van der Waals surface area (Å²) in [4.78, 5) is 4.25. The summed E-state index contributed by atoms with van der Waals surface area (Å²) in [7, 11) is 5.78. The molecule has 1 N–H and O–H groups in total. The summed E-state index contributed by atoms with van der Waals surface area (Å²) in [5.74, 6) is 1.45. The first-order valence-corrected chi connectivity index (χ1v) is 8.70. The number of aliphatic hydroxyl groups excluding tert-OH is 1. The van der Waals surface area contributed by atoms with Gasteiger partial charge in [-0.2, -0.15) is 0 Å². The van der Waals surface area contributed by atoms with E-state index in [-0.39, 0.29) is 0 Å². The lowest BCUT2D eigenvalue weighted by Crippen LogP contribution is -2.40. The van der Waals surface area contributed by atoms with Crippen molar-refractivity contribution in [3.8, 4) is 5.75 Å². The van der Waals surface area contributed by atoms with Gasteiger partial charge in [-0.15, -0.1) is 0 Å². The van der Waals surface area contributed by atoms with Crippen molar-refractivity contribution in [2.45, 2.75) is 40.0 Å². The minimum absolute atomic E-state index is 0.560. The lowest BCUT2D eigenvalue weighted by Gasteiger charge is -2.30. The molecule has 0 heterocycles. The standard InChI is InChI=1S/C20H34N2O2/c1-16(2)10-11-17(3)20(23)22(13-12-21(4)5)15-18-8-7-9-19(14-18)24-6/h7-9,11,14,16,20,23H,10,12-13,15H2,1-6H3. The van der Waals surface area contributed by atoms with Crippen LogP contribution in [0, 0.1) is 5.92 Å². The fraction of sp³-hybridized carbons (Fsp3) is 0.600. The second kappa shape index (κ2) is 10.5. The first-order chi connectivity index (χ1) is 11.3. The van der Waals surface area contributed by atoms with Crippen LogP contribution in [0.3, 0.4) is 0 Å². The van der Waals surface area contributed by atoms with Gasteiger partial charge in [-0.3, -0.25) is 4.90 Å². The molecule has 0 bridgehead atoms. The summed E-state index contributed by atoms with van der Waals surface area (Å²) in [6, 6.07) is 8.04. The number of allylic oxidation sites excluding steroid dienone is 1. The van der Waals surface area contributed by atoms with Crippen molar-refractivity contribution in [3.63, 3.8) is 0 Å². The van der Waals surface area contributed by atoms with Crippen LogP contribution in [0.1, 0.15) is 32.8 Å². The van der Waals surface area contributed by atoms with Gasteiger partial charge in [-0.05, 0) is 56.6 Å². The van der Waals surface area contributed by atoms with Crippen LogP contribution < -0.4 is 4.74 Å². The van der Waals surface area contributed by atoms with Crippen LogP contribution in [0.5, 0.6) is 5.75 Å². The van der Waals surface area contributed by atoms with E-state index in [1.165, 1.54) is 0 Å². The largest absolute Gasteiger partial charge is 0.497 e. The molecule has 4 heteroatoms. The highest BCUT2D eigenvalue weighted by Crippen LogP contribution is 2.18. The molecule has 1 rings (SSSR count). The summed E-state index contributed by atoms with van der Waals surface area (Å²) in [6.07, 6.45) is 2.59. The van der Waals surface area contributed by atoms with Crippen molar-refractivity contribution in [2.24, 2.45) is 5.92 Å². The van der Waals surface area contributed by atoms with Crippen LogP contribution in [0.4, 0.5) is 0 Å². The van der Waals surface area contributed by atoms with Crippen molar-refractivity contribution in [3.05, 3.63) is 41.5 Å². The second-order valence-corrected chi connectivity index (χ2v) is 7.08. The van der Waals surface area contributed by atoms with Crippen LogP contribution in [0.15, 0.2) is 35.9 Å². The molecule has 0 fully saturated rings. The van der Waals surface area contributed by atoms with E-state index in [1.54, 1.807) is 7.11 Å². The predicted octanol–water partition coefficient (Wildman–Crippen LogP) is 3.37. The number of ether oxygens (including phenoxy) is 1. The molecule has 0 aliphatic rings. The molecule has 1 aromatic rings. The van der Waals surface area contributed by atoms with Crippen LogP contribution in [0.2, 0.25) is 0 Å². The number of nitrogens with zero attached hydrogens (tertiary/aromatic N) is 2. The molecule has 0 saturated heterocycles. The average molecular weight is 335 g/mol. The topological polar surface area (TPSA) is 35.9 Å². The van der Waals surface area contributed by atoms with Gasteiger partial charge in [-0.1, -0.05) is 32.1 Å². The minimum Gasteiger partial charge on any atom is -0.497 e. The highest BCUT2D eigenvalue weighted by Gasteiger charge is 2.18. The van der Waals surface area contributed by atoms with Gasteiger partial charge in [0.2, 0.25) is 0 Å². The van der Waals surface area contributed by atoms with Crippen molar-refractivity contribution in [1.29, 1.82) is 0 Å². The number of hydrogen-bond acceptors (Lipinski definition) is 4. The molecule has 1 atom stereocenters. The lowest BCUT2D eigenvalue weighted by molar-refractivity contribution is 0.0221. The smallest absolute Gasteiger partial charge is 0.129 e. The van der Waals surface area contributed by atoms with E-state index >= 15 is 0 Å². The molecular formula is C20H34N2O2. The molecule has 0 amide bonds. The van der Waals surface area contributed by atoms with Crippen molar-refractivity contribution in [1.82, 2.24) is 9.80 Å². The Morgan fingerprint density at radius 2 is 1.96 bits per heavy atom.